The lowest BCUT2D eigenvalue weighted by Crippen LogP contribution is -2.33. The number of carbonyl (C=O) groups is 3. The standard InChI is InChI=1S/C29H19F4N3O4S2/c30-17-9-11-18(12-10-17)34-20(37)14-35-27-24(42-28(35)40)21(15-5-2-1-3-6-15)22-23(41-27)26(39)36(25(22)38)19-8-4-7-16(13-19)29(31,32)33/h1-13,21-23H,14H2,(H,34,37)/t21-,22-,23+/m0/s1. The molecule has 0 radical (unpaired) electrons. The van der Waals surface area contributed by atoms with Crippen LogP contribution < -0.4 is 15.1 Å². The SMILES string of the molecule is O=C(Cn1c2c(sc1=O)[C@@H](c1ccccc1)[C@@H]1C(=O)N(c3cccc(C(F)(F)F)c3)C(=O)[C@@H]1S2)Nc1ccc(F)cc1. The van der Waals surface area contributed by atoms with Gasteiger partial charge < -0.3 is 5.32 Å². The quantitative estimate of drug-likeness (QED) is 0.237. The van der Waals surface area contributed by atoms with E-state index in [2.05, 4.69) is 5.32 Å². The van der Waals surface area contributed by atoms with Gasteiger partial charge in [-0.25, -0.2) is 9.29 Å². The van der Waals surface area contributed by atoms with E-state index in [9.17, 15) is 36.7 Å². The fourth-order valence-electron chi connectivity index (χ4n) is 5.23. The third-order valence-corrected chi connectivity index (χ3v) is 9.67. The summed E-state index contributed by atoms with van der Waals surface area (Å²) in [6.07, 6.45) is -4.68. The van der Waals surface area contributed by atoms with E-state index in [4.69, 9.17) is 0 Å². The maximum atomic E-state index is 13.8. The molecule has 1 aromatic heterocycles. The number of nitrogens with one attached hydrogen (secondary N) is 1. The van der Waals surface area contributed by atoms with E-state index in [-0.39, 0.29) is 5.69 Å². The Morgan fingerprint density at radius 1 is 0.905 bits per heavy atom. The first-order valence-corrected chi connectivity index (χ1v) is 14.3. The van der Waals surface area contributed by atoms with Gasteiger partial charge in [0.05, 0.1) is 22.2 Å². The zero-order chi connectivity index (χ0) is 29.8. The molecule has 7 nitrogen and oxygen atoms in total. The van der Waals surface area contributed by atoms with Gasteiger partial charge in [0.2, 0.25) is 17.7 Å². The van der Waals surface area contributed by atoms with Gasteiger partial charge in [-0.2, -0.15) is 13.2 Å². The second-order valence-electron chi connectivity index (χ2n) is 9.69. The average molecular weight is 614 g/mol. The maximum absolute atomic E-state index is 13.8. The number of hydrogen-bond donors (Lipinski definition) is 1. The molecule has 2 aliphatic heterocycles. The van der Waals surface area contributed by atoms with Crippen LogP contribution in [0.25, 0.3) is 0 Å². The van der Waals surface area contributed by atoms with Crippen LogP contribution in [0.1, 0.15) is 21.9 Å². The number of imide groups is 1. The smallest absolute Gasteiger partial charge is 0.325 e. The summed E-state index contributed by atoms with van der Waals surface area (Å²) in [5.74, 6) is -4.17. The Bertz CT molecular complexity index is 1770. The van der Waals surface area contributed by atoms with Gasteiger partial charge in [-0.05, 0) is 48.0 Å². The summed E-state index contributed by atoms with van der Waals surface area (Å²) in [6, 6.07) is 17.9. The number of rotatable bonds is 5. The first-order valence-electron chi connectivity index (χ1n) is 12.6. The van der Waals surface area contributed by atoms with Crippen molar-refractivity contribution in [3.8, 4) is 0 Å². The molecule has 1 saturated heterocycles. The lowest BCUT2D eigenvalue weighted by Gasteiger charge is -2.30. The highest BCUT2D eigenvalue weighted by molar-refractivity contribution is 8.00. The third kappa shape index (κ3) is 4.92. The van der Waals surface area contributed by atoms with Crippen molar-refractivity contribution in [2.45, 2.75) is 28.9 Å². The maximum Gasteiger partial charge on any atom is 0.416 e. The molecule has 3 atom stereocenters. The summed E-state index contributed by atoms with van der Waals surface area (Å²) in [5, 5.41) is 1.89. The summed E-state index contributed by atoms with van der Waals surface area (Å²) in [5.41, 5.74) is -0.226. The molecular formula is C29H19F4N3O4S2. The molecule has 0 spiro atoms. The van der Waals surface area contributed by atoms with Gasteiger partial charge in [-0.1, -0.05) is 59.5 Å². The number of thioether (sulfide) groups is 1. The Morgan fingerprint density at radius 2 is 1.62 bits per heavy atom. The van der Waals surface area contributed by atoms with Crippen molar-refractivity contribution < 1.29 is 31.9 Å². The number of aromatic nitrogens is 1. The molecule has 13 heteroatoms. The van der Waals surface area contributed by atoms with Crippen LogP contribution in [0.2, 0.25) is 0 Å². The summed E-state index contributed by atoms with van der Waals surface area (Å²) >= 11 is 1.80. The number of benzene rings is 3. The minimum Gasteiger partial charge on any atom is -0.325 e. The van der Waals surface area contributed by atoms with Crippen molar-refractivity contribution >= 4 is 52.2 Å². The molecule has 214 valence electrons. The zero-order valence-corrected chi connectivity index (χ0v) is 22.9. The molecule has 42 heavy (non-hydrogen) atoms. The number of thiazole rings is 1. The highest BCUT2D eigenvalue weighted by atomic mass is 32.2. The van der Waals surface area contributed by atoms with Gasteiger partial charge in [0.15, 0.2) is 0 Å². The predicted molar refractivity (Wildman–Crippen MR) is 149 cm³/mol. The Kier molecular flexibility index (Phi) is 7.01. The molecule has 0 saturated carbocycles. The lowest BCUT2D eigenvalue weighted by molar-refractivity contribution is -0.137. The number of halogens is 4. The molecule has 3 aromatic carbocycles. The molecular weight excluding hydrogens is 594 g/mol. The van der Waals surface area contributed by atoms with Crippen LogP contribution >= 0.6 is 23.1 Å². The van der Waals surface area contributed by atoms with E-state index < -0.39 is 63.8 Å². The van der Waals surface area contributed by atoms with Crippen LogP contribution in [0.3, 0.4) is 0 Å². The van der Waals surface area contributed by atoms with E-state index in [1.54, 1.807) is 30.3 Å². The molecule has 1 fully saturated rings. The molecule has 2 aliphatic rings. The predicted octanol–water partition coefficient (Wildman–Crippen LogP) is 5.50. The largest absolute Gasteiger partial charge is 0.416 e. The summed E-state index contributed by atoms with van der Waals surface area (Å²) in [4.78, 5) is 54.4. The van der Waals surface area contributed by atoms with Crippen molar-refractivity contribution in [1.29, 1.82) is 0 Å². The monoisotopic (exact) mass is 613 g/mol. The second-order valence-corrected chi connectivity index (χ2v) is 11.8. The molecule has 6 rings (SSSR count). The number of anilines is 2. The van der Waals surface area contributed by atoms with Crippen LogP contribution in [-0.2, 0) is 27.1 Å². The second kappa shape index (κ2) is 10.6. The van der Waals surface area contributed by atoms with Gasteiger partial charge in [0.1, 0.15) is 17.6 Å². The fourth-order valence-corrected chi connectivity index (χ4v) is 8.00. The molecule has 1 N–H and O–H groups in total. The highest BCUT2D eigenvalue weighted by Gasteiger charge is 2.57. The van der Waals surface area contributed by atoms with Gasteiger partial charge in [-0.3, -0.25) is 23.7 Å². The Morgan fingerprint density at radius 3 is 2.31 bits per heavy atom. The van der Waals surface area contributed by atoms with E-state index in [1.165, 1.54) is 34.9 Å². The van der Waals surface area contributed by atoms with Gasteiger partial charge in [0, 0.05) is 16.5 Å². The highest BCUT2D eigenvalue weighted by Crippen LogP contribution is 2.54. The first kappa shape index (κ1) is 27.9. The fraction of sp³-hybridized carbons (Fsp3) is 0.172. The molecule has 3 amide bonds. The number of nitrogens with zero attached hydrogens (tertiary/aromatic N) is 2. The van der Waals surface area contributed by atoms with Crippen molar-refractivity contribution in [2.24, 2.45) is 5.92 Å². The van der Waals surface area contributed by atoms with Crippen LogP contribution in [0.4, 0.5) is 28.9 Å². The average Bonchev–Trinajstić information content (AvgIpc) is 3.40. The van der Waals surface area contributed by atoms with Crippen LogP contribution in [0.5, 0.6) is 0 Å². The lowest BCUT2D eigenvalue weighted by atomic mass is 9.83. The number of amides is 3. The van der Waals surface area contributed by atoms with E-state index in [0.29, 0.717) is 21.2 Å². The summed E-state index contributed by atoms with van der Waals surface area (Å²) in [6.45, 7) is -0.409. The number of hydrogen-bond acceptors (Lipinski definition) is 6. The molecule has 0 aliphatic carbocycles. The van der Waals surface area contributed by atoms with Crippen LogP contribution in [-0.4, -0.2) is 27.5 Å². The topological polar surface area (TPSA) is 88.5 Å². The number of fused-ring (bicyclic) bond motifs is 2. The van der Waals surface area contributed by atoms with E-state index in [1.807, 2.05) is 0 Å². The van der Waals surface area contributed by atoms with Crippen LogP contribution in [0, 0.1) is 11.7 Å². The minimum absolute atomic E-state index is 0.193. The van der Waals surface area contributed by atoms with Gasteiger partial charge >= 0.3 is 11.0 Å². The van der Waals surface area contributed by atoms with Crippen LogP contribution in [0.15, 0.2) is 88.7 Å². The first-order chi connectivity index (χ1) is 20.0. The van der Waals surface area contributed by atoms with Crippen molar-refractivity contribution in [3.63, 3.8) is 0 Å². The molecule has 4 aromatic rings. The normalized spacial score (nSPS) is 19.9. The van der Waals surface area contributed by atoms with Crippen molar-refractivity contribution in [1.82, 2.24) is 4.57 Å². The number of carbonyl (C=O) groups excluding carboxylic acids is 3. The minimum atomic E-state index is -4.68. The van der Waals surface area contributed by atoms with E-state index in [0.717, 1.165) is 46.2 Å². The summed E-state index contributed by atoms with van der Waals surface area (Å²) in [7, 11) is 0. The Balaban J connectivity index is 1.39. The zero-order valence-electron chi connectivity index (χ0n) is 21.3. The van der Waals surface area contributed by atoms with E-state index >= 15 is 0 Å². The Labute approximate surface area is 243 Å². The molecule has 0 bridgehead atoms. The molecule has 0 unspecified atom stereocenters. The summed E-state index contributed by atoms with van der Waals surface area (Å²) < 4.78 is 54.8. The van der Waals surface area contributed by atoms with Gasteiger partial charge in [-0.15, -0.1) is 0 Å². The molecule has 3 heterocycles. The van der Waals surface area contributed by atoms with Gasteiger partial charge in [0.25, 0.3) is 0 Å². The number of alkyl halides is 3. The third-order valence-electron chi connectivity index (χ3n) is 7.07. The van der Waals surface area contributed by atoms with Crippen molar-refractivity contribution in [2.75, 3.05) is 10.2 Å². The van der Waals surface area contributed by atoms with Crippen molar-refractivity contribution in [3.05, 3.63) is 110 Å². The Hall–Kier alpha value is -4.23.